The number of hydrogen-bond donors (Lipinski definition) is 2. The number of unbranched alkanes of at least 4 members (excludes halogenated alkanes) is 1. The Hall–Kier alpha value is -2.57. The van der Waals surface area contributed by atoms with Gasteiger partial charge in [0.15, 0.2) is 0 Å². The predicted octanol–water partition coefficient (Wildman–Crippen LogP) is 4.65. The fraction of sp³-hybridized carbons (Fsp3) is 0.250. The molecule has 148 valence electrons. The Morgan fingerprint density at radius 1 is 1.07 bits per heavy atom. The zero-order valence-corrected chi connectivity index (χ0v) is 16.9. The molecule has 0 saturated carbocycles. The number of anilines is 1. The van der Waals surface area contributed by atoms with Crippen LogP contribution in [0.1, 0.15) is 31.7 Å². The van der Waals surface area contributed by atoms with Gasteiger partial charge in [-0.1, -0.05) is 36.5 Å². The summed E-state index contributed by atoms with van der Waals surface area (Å²) in [6.07, 6.45) is 3.20. The van der Waals surface area contributed by atoms with Gasteiger partial charge in [0.05, 0.1) is 22.9 Å². The SMILES string of the molecule is CCCCOc1ccc(C=NNC(=O)CC(=O)Nc2ccc(Cl)c(Cl)c2)cc1. The van der Waals surface area contributed by atoms with E-state index in [4.69, 9.17) is 27.9 Å². The first-order valence-corrected chi connectivity index (χ1v) is 9.53. The van der Waals surface area contributed by atoms with Gasteiger partial charge in [-0.05, 0) is 54.4 Å². The number of hydrogen-bond acceptors (Lipinski definition) is 4. The Kier molecular flexibility index (Phi) is 8.78. The number of carbonyl (C=O) groups is 2. The van der Waals surface area contributed by atoms with Gasteiger partial charge in [-0.3, -0.25) is 9.59 Å². The number of amides is 2. The van der Waals surface area contributed by atoms with Crippen molar-refractivity contribution < 1.29 is 14.3 Å². The highest BCUT2D eigenvalue weighted by atomic mass is 35.5. The molecule has 0 fully saturated rings. The van der Waals surface area contributed by atoms with Crippen LogP contribution in [-0.4, -0.2) is 24.6 Å². The van der Waals surface area contributed by atoms with E-state index in [0.29, 0.717) is 22.3 Å². The fourth-order valence-electron chi connectivity index (χ4n) is 2.13. The largest absolute Gasteiger partial charge is 0.494 e. The lowest BCUT2D eigenvalue weighted by molar-refractivity contribution is -0.126. The van der Waals surface area contributed by atoms with Crippen molar-refractivity contribution in [2.75, 3.05) is 11.9 Å². The minimum absolute atomic E-state index is 0.315. The molecular weight excluding hydrogens is 401 g/mol. The number of carbonyl (C=O) groups excluding carboxylic acids is 2. The first kappa shape index (κ1) is 21.7. The van der Waals surface area contributed by atoms with Gasteiger partial charge in [0.2, 0.25) is 11.8 Å². The van der Waals surface area contributed by atoms with Gasteiger partial charge in [-0.2, -0.15) is 5.10 Å². The summed E-state index contributed by atoms with van der Waals surface area (Å²) in [5, 5.41) is 7.11. The highest BCUT2D eigenvalue weighted by Gasteiger charge is 2.09. The van der Waals surface area contributed by atoms with Crippen LogP contribution in [0.5, 0.6) is 5.75 Å². The standard InChI is InChI=1S/C20H21Cl2N3O3/c1-2-3-10-28-16-7-4-14(5-8-16)13-23-25-20(27)12-19(26)24-15-6-9-17(21)18(22)11-15/h4-9,11,13H,2-3,10,12H2,1H3,(H,24,26)(H,25,27). The minimum Gasteiger partial charge on any atom is -0.494 e. The third-order valence-electron chi connectivity index (χ3n) is 3.57. The molecule has 0 spiro atoms. The van der Waals surface area contributed by atoms with Crippen molar-refractivity contribution in [3.05, 3.63) is 58.1 Å². The first-order valence-electron chi connectivity index (χ1n) is 8.77. The average molecular weight is 422 g/mol. The zero-order chi connectivity index (χ0) is 20.4. The van der Waals surface area contributed by atoms with Crippen molar-refractivity contribution in [3.63, 3.8) is 0 Å². The molecule has 0 aliphatic heterocycles. The maximum Gasteiger partial charge on any atom is 0.249 e. The number of ether oxygens (including phenoxy) is 1. The summed E-state index contributed by atoms with van der Waals surface area (Å²) in [6.45, 7) is 2.79. The normalized spacial score (nSPS) is 10.7. The van der Waals surface area contributed by atoms with Crippen LogP contribution >= 0.6 is 23.2 Å². The van der Waals surface area contributed by atoms with E-state index in [0.717, 1.165) is 24.2 Å². The van der Waals surface area contributed by atoms with Crippen molar-refractivity contribution in [1.29, 1.82) is 0 Å². The molecule has 2 N–H and O–H groups in total. The van der Waals surface area contributed by atoms with E-state index in [9.17, 15) is 9.59 Å². The molecule has 2 aromatic carbocycles. The summed E-state index contributed by atoms with van der Waals surface area (Å²) < 4.78 is 5.58. The molecule has 0 aliphatic rings. The average Bonchev–Trinajstić information content (AvgIpc) is 2.66. The Labute approximate surface area is 173 Å². The van der Waals surface area contributed by atoms with Gasteiger partial charge in [-0.25, -0.2) is 5.43 Å². The van der Waals surface area contributed by atoms with E-state index in [1.165, 1.54) is 12.3 Å². The zero-order valence-electron chi connectivity index (χ0n) is 15.4. The van der Waals surface area contributed by atoms with E-state index in [-0.39, 0.29) is 6.42 Å². The Balaban J connectivity index is 1.76. The highest BCUT2D eigenvalue weighted by molar-refractivity contribution is 6.42. The van der Waals surface area contributed by atoms with Crippen molar-refractivity contribution in [1.82, 2.24) is 5.43 Å². The van der Waals surface area contributed by atoms with E-state index >= 15 is 0 Å². The van der Waals surface area contributed by atoms with Crippen LogP contribution in [0, 0.1) is 0 Å². The van der Waals surface area contributed by atoms with E-state index in [1.807, 2.05) is 24.3 Å². The Bertz CT molecular complexity index is 839. The Morgan fingerprint density at radius 3 is 2.50 bits per heavy atom. The molecule has 6 nitrogen and oxygen atoms in total. The molecule has 0 atom stereocenters. The lowest BCUT2D eigenvalue weighted by atomic mass is 10.2. The molecule has 28 heavy (non-hydrogen) atoms. The van der Waals surface area contributed by atoms with Crippen LogP contribution in [0.25, 0.3) is 0 Å². The van der Waals surface area contributed by atoms with E-state index in [2.05, 4.69) is 22.8 Å². The summed E-state index contributed by atoms with van der Waals surface area (Å²) in [5.74, 6) is -0.235. The molecule has 2 rings (SSSR count). The van der Waals surface area contributed by atoms with Crippen LogP contribution in [-0.2, 0) is 9.59 Å². The van der Waals surface area contributed by atoms with Gasteiger partial charge in [0, 0.05) is 5.69 Å². The van der Waals surface area contributed by atoms with Crippen LogP contribution in [0.4, 0.5) is 5.69 Å². The lowest BCUT2D eigenvalue weighted by Crippen LogP contribution is -2.24. The second kappa shape index (κ2) is 11.3. The van der Waals surface area contributed by atoms with Crippen LogP contribution in [0.15, 0.2) is 47.6 Å². The fourth-order valence-corrected chi connectivity index (χ4v) is 2.43. The topological polar surface area (TPSA) is 79.8 Å². The third-order valence-corrected chi connectivity index (χ3v) is 4.31. The van der Waals surface area contributed by atoms with Crippen LogP contribution in [0.2, 0.25) is 10.0 Å². The molecule has 2 aromatic rings. The number of nitrogens with one attached hydrogen (secondary N) is 2. The second-order valence-electron chi connectivity index (χ2n) is 5.92. The quantitative estimate of drug-likeness (QED) is 0.267. The summed E-state index contributed by atoms with van der Waals surface area (Å²) >= 11 is 11.7. The van der Waals surface area contributed by atoms with Crippen molar-refractivity contribution >= 4 is 46.9 Å². The lowest BCUT2D eigenvalue weighted by Gasteiger charge is -2.06. The van der Waals surface area contributed by atoms with Gasteiger partial charge < -0.3 is 10.1 Å². The molecule has 0 aliphatic carbocycles. The predicted molar refractivity (Wildman–Crippen MR) is 112 cm³/mol. The molecule has 0 heterocycles. The smallest absolute Gasteiger partial charge is 0.249 e. The van der Waals surface area contributed by atoms with E-state index in [1.54, 1.807) is 12.1 Å². The molecule has 0 saturated heterocycles. The number of nitrogens with zero attached hydrogens (tertiary/aromatic N) is 1. The van der Waals surface area contributed by atoms with Gasteiger partial charge >= 0.3 is 0 Å². The summed E-state index contributed by atoms with van der Waals surface area (Å²) in [6, 6.07) is 12.0. The number of halogens is 2. The van der Waals surface area contributed by atoms with Gasteiger partial charge in [0.25, 0.3) is 0 Å². The highest BCUT2D eigenvalue weighted by Crippen LogP contribution is 2.25. The molecule has 8 heteroatoms. The first-order chi connectivity index (χ1) is 13.5. The monoisotopic (exact) mass is 421 g/mol. The molecule has 0 radical (unpaired) electrons. The number of rotatable bonds is 9. The second-order valence-corrected chi connectivity index (χ2v) is 6.73. The Morgan fingerprint density at radius 2 is 1.82 bits per heavy atom. The molecule has 0 aromatic heterocycles. The summed E-state index contributed by atoms with van der Waals surface area (Å²) in [5.41, 5.74) is 3.57. The van der Waals surface area contributed by atoms with Crippen molar-refractivity contribution in [3.8, 4) is 5.75 Å². The molecule has 2 amide bonds. The van der Waals surface area contributed by atoms with Crippen molar-refractivity contribution in [2.45, 2.75) is 26.2 Å². The summed E-state index contributed by atoms with van der Waals surface area (Å²) in [4.78, 5) is 23.7. The number of hydrazone groups is 1. The molecule has 0 unspecified atom stereocenters. The number of benzene rings is 2. The minimum atomic E-state index is -0.534. The third kappa shape index (κ3) is 7.58. The van der Waals surface area contributed by atoms with Crippen LogP contribution < -0.4 is 15.5 Å². The van der Waals surface area contributed by atoms with Crippen molar-refractivity contribution in [2.24, 2.45) is 5.10 Å². The molecular formula is C20H21Cl2N3O3. The van der Waals surface area contributed by atoms with Gasteiger partial charge in [-0.15, -0.1) is 0 Å². The van der Waals surface area contributed by atoms with E-state index < -0.39 is 11.8 Å². The van der Waals surface area contributed by atoms with Crippen LogP contribution in [0.3, 0.4) is 0 Å². The molecule has 0 bridgehead atoms. The maximum atomic E-state index is 11.9. The summed E-state index contributed by atoms with van der Waals surface area (Å²) in [7, 11) is 0. The maximum absolute atomic E-state index is 11.9. The van der Waals surface area contributed by atoms with Gasteiger partial charge in [0.1, 0.15) is 12.2 Å².